The highest BCUT2D eigenvalue weighted by Crippen LogP contribution is 2.32. The molecule has 0 saturated heterocycles. The molecule has 1 unspecified atom stereocenters. The van der Waals surface area contributed by atoms with Crippen molar-refractivity contribution in [2.75, 3.05) is 19.5 Å². The van der Waals surface area contributed by atoms with Gasteiger partial charge in [0.1, 0.15) is 0 Å². The lowest BCUT2D eigenvalue weighted by atomic mass is 10.2. The van der Waals surface area contributed by atoms with E-state index >= 15 is 0 Å². The summed E-state index contributed by atoms with van der Waals surface area (Å²) >= 11 is 0. The van der Waals surface area contributed by atoms with Crippen LogP contribution >= 0.6 is 0 Å². The van der Waals surface area contributed by atoms with Gasteiger partial charge in [0.2, 0.25) is 0 Å². The van der Waals surface area contributed by atoms with E-state index in [9.17, 15) is 19.7 Å². The Bertz CT molecular complexity index is 868. The van der Waals surface area contributed by atoms with Crippen LogP contribution in [0.25, 0.3) is 0 Å². The summed E-state index contributed by atoms with van der Waals surface area (Å²) in [5.41, 5.74) is 0.628. The van der Waals surface area contributed by atoms with Crippen molar-refractivity contribution in [2.45, 2.75) is 13.0 Å². The van der Waals surface area contributed by atoms with Gasteiger partial charge in [-0.25, -0.2) is 0 Å². The fourth-order valence-electron chi connectivity index (χ4n) is 2.24. The van der Waals surface area contributed by atoms with Crippen LogP contribution in [-0.4, -0.2) is 37.0 Å². The van der Waals surface area contributed by atoms with E-state index in [0.717, 1.165) is 0 Å². The van der Waals surface area contributed by atoms with Gasteiger partial charge in [-0.05, 0) is 31.2 Å². The molecule has 9 heteroatoms. The maximum absolute atomic E-state index is 12.4. The van der Waals surface area contributed by atoms with Gasteiger partial charge in [0.15, 0.2) is 17.6 Å². The van der Waals surface area contributed by atoms with Crippen LogP contribution in [0.3, 0.4) is 0 Å². The molecule has 0 bridgehead atoms. The molecular weight excluding hydrogens is 354 g/mol. The van der Waals surface area contributed by atoms with Gasteiger partial charge in [0.05, 0.1) is 18.1 Å². The van der Waals surface area contributed by atoms with E-state index in [1.807, 2.05) is 0 Å². The van der Waals surface area contributed by atoms with Crippen LogP contribution in [0.5, 0.6) is 11.5 Å². The van der Waals surface area contributed by atoms with E-state index in [1.165, 1.54) is 45.3 Å². The second kappa shape index (κ2) is 8.65. The quantitative estimate of drug-likeness (QED) is 0.568. The number of ether oxygens (including phenoxy) is 2. The lowest BCUT2D eigenvalue weighted by Gasteiger charge is -2.16. The molecule has 0 heterocycles. The summed E-state index contributed by atoms with van der Waals surface area (Å²) in [6, 6.07) is 10.3. The third kappa shape index (κ3) is 4.94. The fraction of sp³-hybridized carbons (Fsp3) is 0.222. The van der Waals surface area contributed by atoms with Gasteiger partial charge in [0.25, 0.3) is 17.5 Å². The summed E-state index contributed by atoms with van der Waals surface area (Å²) in [6.07, 6.45) is -0.968. The van der Waals surface area contributed by atoms with Crippen LogP contribution in [0.4, 0.5) is 11.4 Å². The first-order valence-electron chi connectivity index (χ1n) is 7.97. The number of nitro groups is 1. The number of nitro benzene ring substituents is 1. The first-order valence-corrected chi connectivity index (χ1v) is 7.97. The van der Waals surface area contributed by atoms with Crippen LogP contribution in [-0.2, 0) is 4.79 Å². The number of carbonyl (C=O) groups excluding carboxylic acids is 2. The molecule has 0 aromatic heterocycles. The van der Waals surface area contributed by atoms with Gasteiger partial charge < -0.3 is 20.1 Å². The molecular formula is C18H19N3O6. The number of nitrogens with one attached hydrogen (secondary N) is 2. The second-order valence-electron chi connectivity index (χ2n) is 5.50. The molecule has 1 atom stereocenters. The molecule has 142 valence electrons. The highest BCUT2D eigenvalue weighted by atomic mass is 16.6. The largest absolute Gasteiger partial charge is 0.493 e. The van der Waals surface area contributed by atoms with Crippen molar-refractivity contribution in [1.82, 2.24) is 5.32 Å². The third-order valence-electron chi connectivity index (χ3n) is 3.65. The molecule has 0 aliphatic carbocycles. The van der Waals surface area contributed by atoms with Crippen molar-refractivity contribution in [2.24, 2.45) is 0 Å². The minimum absolute atomic E-state index is 0.0773. The minimum atomic E-state index is -0.968. The number of methoxy groups -OCH3 is 1. The van der Waals surface area contributed by atoms with Gasteiger partial charge in [-0.3, -0.25) is 19.7 Å². The summed E-state index contributed by atoms with van der Waals surface area (Å²) in [5.74, 6) is -0.426. The van der Waals surface area contributed by atoms with Gasteiger partial charge in [-0.2, -0.15) is 0 Å². The molecule has 27 heavy (non-hydrogen) atoms. The molecule has 2 rings (SSSR count). The summed E-state index contributed by atoms with van der Waals surface area (Å²) in [4.78, 5) is 34.4. The van der Waals surface area contributed by atoms with Crippen molar-refractivity contribution >= 4 is 23.2 Å². The highest BCUT2D eigenvalue weighted by Gasteiger charge is 2.20. The SMILES string of the molecule is CNC(=O)c1cccc(NC(=O)C(C)Oc2cc([N+](=O)[O-])ccc2OC)c1. The molecule has 2 aromatic carbocycles. The predicted octanol–water partition coefficient (Wildman–Crippen LogP) is 2.37. The van der Waals surface area contributed by atoms with Crippen molar-refractivity contribution in [3.05, 3.63) is 58.1 Å². The zero-order valence-corrected chi connectivity index (χ0v) is 15.0. The number of hydrogen-bond acceptors (Lipinski definition) is 6. The van der Waals surface area contributed by atoms with E-state index in [0.29, 0.717) is 11.3 Å². The second-order valence-corrected chi connectivity index (χ2v) is 5.50. The number of anilines is 1. The Morgan fingerprint density at radius 1 is 1.15 bits per heavy atom. The van der Waals surface area contributed by atoms with E-state index in [1.54, 1.807) is 18.2 Å². The third-order valence-corrected chi connectivity index (χ3v) is 3.65. The number of hydrogen-bond donors (Lipinski definition) is 2. The molecule has 9 nitrogen and oxygen atoms in total. The maximum atomic E-state index is 12.4. The zero-order valence-electron chi connectivity index (χ0n) is 15.0. The summed E-state index contributed by atoms with van der Waals surface area (Å²) in [5, 5.41) is 16.1. The summed E-state index contributed by atoms with van der Waals surface area (Å²) < 4.78 is 10.6. The van der Waals surface area contributed by atoms with Crippen LogP contribution in [0.2, 0.25) is 0 Å². The van der Waals surface area contributed by atoms with Gasteiger partial charge in [-0.15, -0.1) is 0 Å². The number of nitrogens with zero attached hydrogens (tertiary/aromatic N) is 1. The number of benzene rings is 2. The van der Waals surface area contributed by atoms with E-state index in [-0.39, 0.29) is 23.1 Å². The van der Waals surface area contributed by atoms with Gasteiger partial charge in [0, 0.05) is 24.4 Å². The Labute approximate surface area is 155 Å². The summed E-state index contributed by atoms with van der Waals surface area (Å²) in [7, 11) is 2.90. The van der Waals surface area contributed by atoms with Crippen LogP contribution in [0, 0.1) is 10.1 Å². The van der Waals surface area contributed by atoms with E-state index in [2.05, 4.69) is 10.6 Å². The first-order chi connectivity index (χ1) is 12.8. The number of carbonyl (C=O) groups is 2. The fourth-order valence-corrected chi connectivity index (χ4v) is 2.24. The molecule has 0 aliphatic rings. The van der Waals surface area contributed by atoms with Gasteiger partial charge >= 0.3 is 0 Å². The predicted molar refractivity (Wildman–Crippen MR) is 98.2 cm³/mol. The van der Waals surface area contributed by atoms with Crippen LogP contribution in [0.1, 0.15) is 17.3 Å². The maximum Gasteiger partial charge on any atom is 0.273 e. The molecule has 0 aliphatic heterocycles. The molecule has 0 saturated carbocycles. The standard InChI is InChI=1S/C18H19N3O6/c1-11(27-16-10-14(21(24)25)7-8-15(16)26-3)17(22)20-13-6-4-5-12(9-13)18(23)19-2/h4-11H,1-3H3,(H,19,23)(H,20,22). The summed E-state index contributed by atoms with van der Waals surface area (Å²) in [6.45, 7) is 1.50. The Morgan fingerprint density at radius 2 is 1.89 bits per heavy atom. The van der Waals surface area contributed by atoms with Gasteiger partial charge in [-0.1, -0.05) is 6.07 Å². The minimum Gasteiger partial charge on any atom is -0.493 e. The van der Waals surface area contributed by atoms with Crippen molar-refractivity contribution in [3.63, 3.8) is 0 Å². The average Bonchev–Trinajstić information content (AvgIpc) is 2.67. The van der Waals surface area contributed by atoms with E-state index in [4.69, 9.17) is 9.47 Å². The average molecular weight is 373 g/mol. The monoisotopic (exact) mass is 373 g/mol. The normalized spacial score (nSPS) is 11.2. The van der Waals surface area contributed by atoms with Crippen molar-refractivity contribution in [3.8, 4) is 11.5 Å². The molecule has 0 radical (unpaired) electrons. The topological polar surface area (TPSA) is 120 Å². The number of non-ortho nitro benzene ring substituents is 1. The van der Waals surface area contributed by atoms with Crippen LogP contribution < -0.4 is 20.1 Å². The zero-order chi connectivity index (χ0) is 20.0. The molecule has 0 spiro atoms. The smallest absolute Gasteiger partial charge is 0.273 e. The Morgan fingerprint density at radius 3 is 2.52 bits per heavy atom. The molecule has 2 amide bonds. The Balaban J connectivity index is 2.13. The lowest BCUT2D eigenvalue weighted by molar-refractivity contribution is -0.385. The Kier molecular flexibility index (Phi) is 6.32. The lowest BCUT2D eigenvalue weighted by Crippen LogP contribution is -2.30. The molecule has 2 aromatic rings. The van der Waals surface area contributed by atoms with Crippen molar-refractivity contribution in [1.29, 1.82) is 0 Å². The highest BCUT2D eigenvalue weighted by molar-refractivity contribution is 5.98. The first kappa shape index (κ1) is 19.7. The number of amides is 2. The van der Waals surface area contributed by atoms with Crippen LogP contribution in [0.15, 0.2) is 42.5 Å². The Hall–Kier alpha value is -3.62. The van der Waals surface area contributed by atoms with E-state index < -0.39 is 16.9 Å². The molecule has 0 fully saturated rings. The molecule has 2 N–H and O–H groups in total. The number of rotatable bonds is 7. The van der Waals surface area contributed by atoms with Crippen molar-refractivity contribution < 1.29 is 24.0 Å².